The third kappa shape index (κ3) is 2.53. The van der Waals surface area contributed by atoms with Crippen molar-refractivity contribution in [3.63, 3.8) is 0 Å². The Morgan fingerprint density at radius 1 is 1.50 bits per heavy atom. The van der Waals surface area contributed by atoms with Gasteiger partial charge in [-0.15, -0.1) is 11.3 Å². The highest BCUT2D eigenvalue weighted by Gasteiger charge is 2.11. The predicted molar refractivity (Wildman–Crippen MR) is 57.6 cm³/mol. The Morgan fingerprint density at radius 2 is 2.29 bits per heavy atom. The molecule has 14 heavy (non-hydrogen) atoms. The second-order valence-corrected chi connectivity index (χ2v) is 4.66. The summed E-state index contributed by atoms with van der Waals surface area (Å²) in [4.78, 5) is 8.17. The molecular weight excluding hydrogens is 196 g/mol. The normalized spacial score (nSPS) is 18.6. The van der Waals surface area contributed by atoms with Gasteiger partial charge in [-0.25, -0.2) is 4.98 Å². The van der Waals surface area contributed by atoms with Crippen LogP contribution in [0.5, 0.6) is 0 Å². The van der Waals surface area contributed by atoms with Crippen LogP contribution < -0.4 is 0 Å². The Labute approximate surface area is 88.7 Å². The first-order valence-electron chi connectivity index (χ1n) is 5.12. The van der Waals surface area contributed by atoms with Crippen LogP contribution in [0.15, 0.2) is 6.20 Å². The summed E-state index contributed by atoms with van der Waals surface area (Å²) in [5, 5.41) is 1.24. The summed E-state index contributed by atoms with van der Waals surface area (Å²) in [5.41, 5.74) is 0. The first-order chi connectivity index (χ1) is 6.88. The summed E-state index contributed by atoms with van der Waals surface area (Å²) in [6.07, 6.45) is 3.06. The van der Waals surface area contributed by atoms with Gasteiger partial charge in [0.05, 0.1) is 18.2 Å². The Bertz CT molecular complexity index is 281. The minimum absolute atomic E-state index is 0.874. The van der Waals surface area contributed by atoms with Crippen molar-refractivity contribution in [1.29, 1.82) is 0 Å². The Kier molecular flexibility index (Phi) is 3.50. The molecule has 4 heteroatoms. The molecule has 2 heterocycles. The maximum absolute atomic E-state index is 5.31. The number of rotatable bonds is 3. The zero-order valence-corrected chi connectivity index (χ0v) is 9.35. The van der Waals surface area contributed by atoms with Crippen molar-refractivity contribution in [3.05, 3.63) is 16.1 Å². The lowest BCUT2D eigenvalue weighted by molar-refractivity contribution is 0.0346. The average Bonchev–Trinajstić information content (AvgIpc) is 2.67. The monoisotopic (exact) mass is 212 g/mol. The van der Waals surface area contributed by atoms with Crippen LogP contribution in [-0.2, 0) is 17.7 Å². The fourth-order valence-corrected chi connectivity index (χ4v) is 2.47. The van der Waals surface area contributed by atoms with Crippen molar-refractivity contribution in [2.24, 2.45) is 0 Å². The van der Waals surface area contributed by atoms with E-state index in [0.717, 1.165) is 39.3 Å². The van der Waals surface area contributed by atoms with Crippen LogP contribution in [0.25, 0.3) is 0 Å². The maximum atomic E-state index is 5.31. The van der Waals surface area contributed by atoms with Gasteiger partial charge in [0, 0.05) is 30.7 Å². The standard InChI is InChI=1S/C10H16N2OS/c1-2-10-11-7-9(14-10)8-12-3-5-13-6-4-12/h7H,2-6,8H2,1H3. The molecule has 1 fully saturated rings. The van der Waals surface area contributed by atoms with Crippen molar-refractivity contribution >= 4 is 11.3 Å². The molecule has 1 aliphatic rings. The van der Waals surface area contributed by atoms with Gasteiger partial charge < -0.3 is 4.74 Å². The molecule has 1 saturated heterocycles. The third-order valence-corrected chi connectivity index (χ3v) is 3.51. The molecule has 78 valence electrons. The van der Waals surface area contributed by atoms with Crippen LogP contribution in [0.1, 0.15) is 16.8 Å². The SMILES string of the molecule is CCc1ncc(CN2CCOCC2)s1. The summed E-state index contributed by atoms with van der Waals surface area (Å²) in [6.45, 7) is 7.05. The van der Waals surface area contributed by atoms with Crippen molar-refractivity contribution in [3.8, 4) is 0 Å². The molecule has 0 atom stereocenters. The van der Waals surface area contributed by atoms with Gasteiger partial charge in [-0.3, -0.25) is 4.90 Å². The third-order valence-electron chi connectivity index (χ3n) is 2.39. The molecule has 0 aromatic carbocycles. The highest BCUT2D eigenvalue weighted by molar-refractivity contribution is 7.11. The maximum Gasteiger partial charge on any atom is 0.0925 e. The number of ether oxygens (including phenoxy) is 1. The molecule has 2 rings (SSSR count). The summed E-state index contributed by atoms with van der Waals surface area (Å²) < 4.78 is 5.31. The molecule has 0 unspecified atom stereocenters. The number of aromatic nitrogens is 1. The van der Waals surface area contributed by atoms with E-state index in [4.69, 9.17) is 4.74 Å². The summed E-state index contributed by atoms with van der Waals surface area (Å²) in [6, 6.07) is 0. The molecule has 1 aliphatic heterocycles. The number of hydrogen-bond donors (Lipinski definition) is 0. The lowest BCUT2D eigenvalue weighted by atomic mass is 10.4. The largest absolute Gasteiger partial charge is 0.379 e. The van der Waals surface area contributed by atoms with E-state index in [-0.39, 0.29) is 0 Å². The second-order valence-electron chi connectivity index (χ2n) is 3.46. The predicted octanol–water partition coefficient (Wildman–Crippen LogP) is 1.54. The van der Waals surface area contributed by atoms with Crippen LogP contribution in [0.3, 0.4) is 0 Å². The van der Waals surface area contributed by atoms with Gasteiger partial charge in [-0.05, 0) is 6.42 Å². The number of hydrogen-bond acceptors (Lipinski definition) is 4. The van der Waals surface area contributed by atoms with Crippen molar-refractivity contribution in [1.82, 2.24) is 9.88 Å². The molecule has 1 aromatic heterocycles. The minimum atomic E-state index is 0.874. The molecular formula is C10H16N2OS. The molecule has 3 nitrogen and oxygen atoms in total. The van der Waals surface area contributed by atoms with Gasteiger partial charge in [0.2, 0.25) is 0 Å². The zero-order valence-electron chi connectivity index (χ0n) is 8.53. The molecule has 1 aromatic rings. The van der Waals surface area contributed by atoms with E-state index in [1.165, 1.54) is 9.88 Å². The van der Waals surface area contributed by atoms with Gasteiger partial charge in [-0.1, -0.05) is 6.92 Å². The number of aryl methyl sites for hydroxylation is 1. The van der Waals surface area contributed by atoms with E-state index in [1.807, 2.05) is 17.5 Å². The Morgan fingerprint density at radius 3 is 2.93 bits per heavy atom. The van der Waals surface area contributed by atoms with Crippen LogP contribution in [-0.4, -0.2) is 36.2 Å². The second kappa shape index (κ2) is 4.87. The van der Waals surface area contributed by atoms with Gasteiger partial charge in [0.25, 0.3) is 0 Å². The zero-order chi connectivity index (χ0) is 9.80. The van der Waals surface area contributed by atoms with Gasteiger partial charge in [-0.2, -0.15) is 0 Å². The first-order valence-corrected chi connectivity index (χ1v) is 5.94. The van der Waals surface area contributed by atoms with Gasteiger partial charge >= 0.3 is 0 Å². The van der Waals surface area contributed by atoms with Crippen LogP contribution in [0.4, 0.5) is 0 Å². The van der Waals surface area contributed by atoms with Crippen molar-refractivity contribution in [2.75, 3.05) is 26.3 Å². The van der Waals surface area contributed by atoms with Gasteiger partial charge in [0.1, 0.15) is 0 Å². The summed E-state index contributed by atoms with van der Waals surface area (Å²) in [7, 11) is 0. The summed E-state index contributed by atoms with van der Waals surface area (Å²) in [5.74, 6) is 0. The van der Waals surface area contributed by atoms with E-state index in [1.54, 1.807) is 0 Å². The highest BCUT2D eigenvalue weighted by Crippen LogP contribution is 2.16. The van der Waals surface area contributed by atoms with Gasteiger partial charge in [0.15, 0.2) is 0 Å². The van der Waals surface area contributed by atoms with E-state index in [0.29, 0.717) is 0 Å². The number of morpholine rings is 1. The first kappa shape index (κ1) is 10.1. The van der Waals surface area contributed by atoms with E-state index >= 15 is 0 Å². The lowest BCUT2D eigenvalue weighted by Crippen LogP contribution is -2.35. The molecule has 0 saturated carbocycles. The quantitative estimate of drug-likeness (QED) is 0.760. The minimum Gasteiger partial charge on any atom is -0.379 e. The van der Waals surface area contributed by atoms with Crippen molar-refractivity contribution < 1.29 is 4.74 Å². The number of thiazole rings is 1. The molecule has 0 bridgehead atoms. The van der Waals surface area contributed by atoms with E-state index in [2.05, 4.69) is 16.8 Å². The summed E-state index contributed by atoms with van der Waals surface area (Å²) >= 11 is 1.83. The topological polar surface area (TPSA) is 25.4 Å². The smallest absolute Gasteiger partial charge is 0.0925 e. The van der Waals surface area contributed by atoms with Crippen LogP contribution >= 0.6 is 11.3 Å². The van der Waals surface area contributed by atoms with E-state index in [9.17, 15) is 0 Å². The highest BCUT2D eigenvalue weighted by atomic mass is 32.1. The molecule has 0 spiro atoms. The molecule has 0 amide bonds. The fraction of sp³-hybridized carbons (Fsp3) is 0.700. The van der Waals surface area contributed by atoms with Crippen LogP contribution in [0.2, 0.25) is 0 Å². The Balaban J connectivity index is 1.89. The number of nitrogens with zero attached hydrogens (tertiary/aromatic N) is 2. The van der Waals surface area contributed by atoms with E-state index < -0.39 is 0 Å². The van der Waals surface area contributed by atoms with Crippen molar-refractivity contribution in [2.45, 2.75) is 19.9 Å². The molecule has 0 N–H and O–H groups in total. The Hall–Kier alpha value is -0.450. The molecule has 0 aliphatic carbocycles. The fourth-order valence-electron chi connectivity index (χ4n) is 1.56. The average molecular weight is 212 g/mol. The lowest BCUT2D eigenvalue weighted by Gasteiger charge is -2.25. The van der Waals surface area contributed by atoms with Crippen LogP contribution in [0, 0.1) is 0 Å². The molecule has 0 radical (unpaired) electrons.